The molecular weight excluding hydrogens is 1210 g/mol. The van der Waals surface area contributed by atoms with Crippen molar-refractivity contribution in [3.05, 3.63) is 144 Å². The lowest BCUT2D eigenvalue weighted by Crippen LogP contribution is -2.56. The van der Waals surface area contributed by atoms with E-state index < -0.39 is 111 Å². The molecule has 1 aromatic heterocycles. The summed E-state index contributed by atoms with van der Waals surface area (Å²) in [6, 6.07) is 29.3. The van der Waals surface area contributed by atoms with Crippen LogP contribution < -0.4 is 53.4 Å². The van der Waals surface area contributed by atoms with E-state index in [1.165, 1.54) is 18.3 Å². The van der Waals surface area contributed by atoms with Crippen LogP contribution in [0.2, 0.25) is 0 Å². The molecule has 6 aromatic rings. The van der Waals surface area contributed by atoms with Crippen LogP contribution in [0.1, 0.15) is 84.9 Å². The van der Waals surface area contributed by atoms with E-state index in [4.69, 9.17) is 44.3 Å². The van der Waals surface area contributed by atoms with Crippen LogP contribution in [-0.2, 0) is 53.7 Å². The number of fused-ring (bicyclic) bond motifs is 2. The highest BCUT2D eigenvalue weighted by Gasteiger charge is 2.45. The number of ether oxygens (including phenoxy) is 5. The van der Waals surface area contributed by atoms with E-state index in [0.717, 1.165) is 31.7 Å². The molecular formula is C64H81N10O17P. The Morgan fingerprint density at radius 3 is 2.04 bits per heavy atom. The minimum Gasteiger partial charge on any atom is -0.493 e. The Labute approximate surface area is 531 Å². The average Bonchev–Trinajstić information content (AvgIpc) is 0.904. The molecule has 1 fully saturated rings. The van der Waals surface area contributed by atoms with E-state index in [2.05, 4.69) is 51.7 Å². The first-order chi connectivity index (χ1) is 43.9. The van der Waals surface area contributed by atoms with Gasteiger partial charge in [0, 0.05) is 30.4 Å². The molecule has 0 saturated carbocycles. The molecule has 0 aliphatic carbocycles. The number of unbranched alkanes of at least 4 members (excludes halogenated alkanes) is 1. The largest absolute Gasteiger partial charge is 0.493 e. The summed E-state index contributed by atoms with van der Waals surface area (Å²) in [5, 5.41) is 35.6. The zero-order chi connectivity index (χ0) is 66.5. The molecule has 7 rings (SSSR count). The van der Waals surface area contributed by atoms with Gasteiger partial charge < -0.3 is 71.5 Å². The summed E-state index contributed by atoms with van der Waals surface area (Å²) in [6.07, 6.45) is -3.92. The molecule has 494 valence electrons. The van der Waals surface area contributed by atoms with Crippen LogP contribution in [0.5, 0.6) is 11.5 Å². The number of phosphoric acid groups is 1. The van der Waals surface area contributed by atoms with Crippen LogP contribution in [-0.4, -0.2) is 135 Å². The average molecular weight is 1290 g/mol. The number of alkyl carbamates (subject to hydrolysis) is 1. The molecule has 1 aliphatic heterocycles. The number of anilines is 1. The van der Waals surface area contributed by atoms with Crippen molar-refractivity contribution in [2.75, 3.05) is 38.6 Å². The van der Waals surface area contributed by atoms with Crippen LogP contribution in [0.25, 0.3) is 32.7 Å². The van der Waals surface area contributed by atoms with E-state index in [9.17, 15) is 48.4 Å². The van der Waals surface area contributed by atoms with Gasteiger partial charge in [-0.25, -0.2) is 24.4 Å². The molecule has 28 heteroatoms. The molecule has 1 saturated heterocycles. The number of aliphatic hydroxyl groups is 2. The second kappa shape index (κ2) is 33.4. The Morgan fingerprint density at radius 2 is 1.41 bits per heavy atom. The van der Waals surface area contributed by atoms with Crippen LogP contribution >= 0.6 is 7.82 Å². The molecule has 0 bridgehead atoms. The van der Waals surface area contributed by atoms with Gasteiger partial charge in [0.2, 0.25) is 17.8 Å². The SMILES string of the molecule is C=CCC(NC(=O)C(CCCN=C(N)NOP(=O)(O)OC[C@H]1O[C@@H](n2ccc(N)nc2=O)[C@H](O)[C@@H]1O)NC(=O)C(CCCCNC(=O)OC(C)(C)C)NC(=O)COc1ccc2ccccc2c1-c1c(OCC(C)C)ccc2ccccc12)C(=O)OCc1ccccc1. The number of aliphatic hydroxyl groups excluding tert-OH is 2. The summed E-state index contributed by atoms with van der Waals surface area (Å²) in [5.41, 5.74) is 14.0. The summed E-state index contributed by atoms with van der Waals surface area (Å²) in [7, 11) is -5.05. The Balaban J connectivity index is 1.07. The number of aliphatic imine (C=N–C) groups is 1. The smallest absolute Gasteiger partial charge is 0.493 e. The molecule has 0 spiro atoms. The quantitative estimate of drug-likeness (QED) is 0.00458. The third-order valence-electron chi connectivity index (χ3n) is 14.1. The number of hydroxylamine groups is 1. The molecule has 0 radical (unpaired) electrons. The van der Waals surface area contributed by atoms with Crippen molar-refractivity contribution in [2.24, 2.45) is 16.6 Å². The van der Waals surface area contributed by atoms with Crippen LogP contribution in [0.4, 0.5) is 10.6 Å². The van der Waals surface area contributed by atoms with Crippen molar-refractivity contribution in [3.63, 3.8) is 0 Å². The van der Waals surface area contributed by atoms with E-state index in [0.29, 0.717) is 35.7 Å². The standard InChI is InChI=1S/C64H81N10O17P/c1-7-18-47(60(80)87-36-40-19-9-8-10-20-40)71-58(79)46(26-17-33-67-61(66)73-91-92(83,84)88-37-50-55(76)56(77)59(89-50)74-34-31-51(65)72-62(74)81)70-57(78)45(25-15-16-32-68-63(82)90-64(4,5)6)69-52(75)38-86-49-30-28-42-22-12-14-24-44(42)54(49)53-43-23-13-11-21-41(43)27-29-48(53)85-35-39(2)3/h7-14,19-24,27-31,34,39,45-47,50,55-56,59,76-77H,1,15-18,25-26,32-33,35-38H2,2-6H3,(H,68,82)(H,69,75)(H,70,78)(H,71,79)(H,83,84)(H2,65,72,81)(H3,66,67,73)/t45?,46?,47?,50-,55-,56-,59-/m1/s1. The highest BCUT2D eigenvalue weighted by atomic mass is 31.2. The van der Waals surface area contributed by atoms with E-state index in [1.54, 1.807) is 57.2 Å². The molecule has 92 heavy (non-hydrogen) atoms. The van der Waals surface area contributed by atoms with Crippen molar-refractivity contribution in [1.82, 2.24) is 36.3 Å². The first-order valence-electron chi connectivity index (χ1n) is 30.0. The topological polar surface area (TPSA) is 387 Å². The van der Waals surface area contributed by atoms with Gasteiger partial charge >= 0.3 is 25.6 Å². The lowest BCUT2D eigenvalue weighted by Gasteiger charge is -2.25. The summed E-state index contributed by atoms with van der Waals surface area (Å²) < 4.78 is 52.8. The second-order valence-electron chi connectivity index (χ2n) is 23.1. The van der Waals surface area contributed by atoms with Gasteiger partial charge in [-0.3, -0.25) is 28.5 Å². The number of carbonyl (C=O) groups excluding carboxylic acids is 5. The third kappa shape index (κ3) is 20.8. The number of guanidine groups is 1. The Morgan fingerprint density at radius 1 is 0.804 bits per heavy atom. The van der Waals surface area contributed by atoms with Gasteiger partial charge in [0.25, 0.3) is 5.91 Å². The first-order valence-corrected chi connectivity index (χ1v) is 31.5. The fourth-order valence-corrected chi connectivity index (χ4v) is 10.3. The van der Waals surface area contributed by atoms with Crippen molar-refractivity contribution >= 4 is 70.9 Å². The maximum absolute atomic E-state index is 14.7. The van der Waals surface area contributed by atoms with Crippen LogP contribution in [0.3, 0.4) is 0 Å². The Bertz CT molecular complexity index is 3660. The minimum atomic E-state index is -5.05. The van der Waals surface area contributed by atoms with Gasteiger partial charge in [-0.2, -0.15) is 9.61 Å². The highest BCUT2D eigenvalue weighted by molar-refractivity contribution is 7.47. The number of hydrogen-bond acceptors (Lipinski definition) is 19. The van der Waals surface area contributed by atoms with Gasteiger partial charge in [0.05, 0.1) is 13.2 Å². The normalized spacial score (nSPS) is 17.4. The highest BCUT2D eigenvalue weighted by Crippen LogP contribution is 2.46. The van der Waals surface area contributed by atoms with E-state index >= 15 is 0 Å². The summed E-state index contributed by atoms with van der Waals surface area (Å²) in [6.45, 7) is 11.9. The zero-order valence-electron chi connectivity index (χ0n) is 51.9. The number of phosphoric ester groups is 1. The van der Waals surface area contributed by atoms with E-state index in [1.807, 2.05) is 72.2 Å². The van der Waals surface area contributed by atoms with Gasteiger partial charge in [-0.1, -0.05) is 111 Å². The summed E-state index contributed by atoms with van der Waals surface area (Å²) >= 11 is 0. The number of amides is 4. The Hall–Kier alpha value is -8.95. The van der Waals surface area contributed by atoms with Gasteiger partial charge in [0.15, 0.2) is 12.8 Å². The number of nitrogens with zero attached hydrogens (tertiary/aromatic N) is 3. The summed E-state index contributed by atoms with van der Waals surface area (Å²) in [4.78, 5) is 99.9. The van der Waals surface area contributed by atoms with Crippen LogP contribution in [0.15, 0.2) is 138 Å². The number of benzene rings is 5. The van der Waals surface area contributed by atoms with Gasteiger partial charge in [0.1, 0.15) is 66.0 Å². The Kier molecular flexibility index (Phi) is 25.6. The number of esters is 1. The second-order valence-corrected chi connectivity index (χ2v) is 24.4. The molecule has 2 heterocycles. The molecule has 12 N–H and O–H groups in total. The summed E-state index contributed by atoms with van der Waals surface area (Å²) in [5.74, 6) is -2.57. The first kappa shape index (κ1) is 70.5. The fourth-order valence-electron chi connectivity index (χ4n) is 9.71. The van der Waals surface area contributed by atoms with Crippen molar-refractivity contribution in [2.45, 2.75) is 128 Å². The maximum Gasteiger partial charge on any atom is 0.493 e. The molecule has 5 aromatic carbocycles. The van der Waals surface area contributed by atoms with Crippen molar-refractivity contribution in [1.29, 1.82) is 0 Å². The van der Waals surface area contributed by atoms with Crippen molar-refractivity contribution in [3.8, 4) is 22.6 Å². The van der Waals surface area contributed by atoms with Gasteiger partial charge in [-0.05, 0) is 111 Å². The zero-order valence-corrected chi connectivity index (χ0v) is 52.8. The molecule has 4 unspecified atom stereocenters. The number of nitrogen functional groups attached to an aromatic ring is 1. The van der Waals surface area contributed by atoms with Crippen molar-refractivity contribution < 1.29 is 76.5 Å². The molecule has 8 atom stereocenters. The lowest BCUT2D eigenvalue weighted by molar-refractivity contribution is -0.149. The van der Waals surface area contributed by atoms with Gasteiger partial charge in [-0.15, -0.1) is 6.58 Å². The molecule has 4 amide bonds. The number of nitrogens with one attached hydrogen (secondary N) is 5. The number of nitrogens with two attached hydrogens (primary N) is 2. The fraction of sp³-hybridized carbons (Fsp3) is 0.406. The number of carbonyl (C=O) groups is 5. The minimum absolute atomic E-state index is 0.00488. The number of rotatable bonds is 32. The van der Waals surface area contributed by atoms with E-state index in [-0.39, 0.29) is 63.5 Å². The number of hydrogen-bond donors (Lipinski definition) is 10. The predicted molar refractivity (Wildman–Crippen MR) is 342 cm³/mol. The molecule has 27 nitrogen and oxygen atoms in total. The third-order valence-corrected chi connectivity index (χ3v) is 14.9. The lowest BCUT2D eigenvalue weighted by atomic mass is 9.92. The van der Waals surface area contributed by atoms with Crippen LogP contribution in [0, 0.1) is 5.92 Å². The molecule has 1 aliphatic rings. The maximum atomic E-state index is 14.7. The number of aromatic nitrogens is 2. The predicted octanol–water partition coefficient (Wildman–Crippen LogP) is 5.73. The monoisotopic (exact) mass is 1290 g/mol.